The van der Waals surface area contributed by atoms with Crippen LogP contribution in [0.4, 0.5) is 0 Å². The predicted octanol–water partition coefficient (Wildman–Crippen LogP) is 3.14. The molecule has 1 atom stereocenters. The fourth-order valence-corrected chi connectivity index (χ4v) is 2.21. The molecule has 0 aliphatic heterocycles. The van der Waals surface area contributed by atoms with Gasteiger partial charge in [-0.05, 0) is 12.1 Å². The predicted molar refractivity (Wildman–Crippen MR) is 61.0 cm³/mol. The van der Waals surface area contributed by atoms with E-state index in [1.807, 2.05) is 0 Å². The molecule has 15 heavy (non-hydrogen) atoms. The van der Waals surface area contributed by atoms with Crippen molar-refractivity contribution in [3.63, 3.8) is 0 Å². The average Bonchev–Trinajstić information content (AvgIpc) is 2.13. The lowest BCUT2D eigenvalue weighted by atomic mass is 10.4. The Labute approximate surface area is 105 Å². The number of rotatable bonds is 3. The number of carbonyl (C=O) groups is 1. The lowest BCUT2D eigenvalue weighted by Gasteiger charge is -2.08. The molecule has 1 aromatic rings. The molecule has 0 fully saturated rings. The molecule has 0 saturated carbocycles. The van der Waals surface area contributed by atoms with Crippen LogP contribution in [0.1, 0.15) is 0 Å². The third kappa shape index (κ3) is 3.43. The zero-order chi connectivity index (χ0) is 11.6. The van der Waals surface area contributed by atoms with Crippen molar-refractivity contribution < 1.29 is 15.0 Å². The molecule has 0 radical (unpaired) electrons. The Bertz CT molecular complexity index is 397. The summed E-state index contributed by atoms with van der Waals surface area (Å²) in [6, 6.07) is 2.80. The number of aliphatic hydroxyl groups is 1. The largest absolute Gasteiger partial charge is 0.479 e. The topological polar surface area (TPSA) is 57.5 Å². The molecule has 0 heterocycles. The molecule has 1 aromatic carbocycles. The van der Waals surface area contributed by atoms with Crippen molar-refractivity contribution >= 4 is 52.5 Å². The van der Waals surface area contributed by atoms with Crippen LogP contribution < -0.4 is 0 Å². The smallest absolute Gasteiger partial charge is 0.343 e. The van der Waals surface area contributed by atoms with Gasteiger partial charge in [0.2, 0.25) is 5.44 Å². The summed E-state index contributed by atoms with van der Waals surface area (Å²) in [6.07, 6.45) is 0. The standard InChI is InChI=1S/C8H5Cl3O3S/c9-3-1-5(11)6(2-4(3)10)15-8(14)7(12)13/h1-2,8,14H,(H,12,13). The number of aliphatic carboxylic acids is 1. The van der Waals surface area contributed by atoms with Crippen LogP contribution in [0.2, 0.25) is 15.1 Å². The van der Waals surface area contributed by atoms with Gasteiger partial charge < -0.3 is 10.2 Å². The highest BCUT2D eigenvalue weighted by atomic mass is 35.5. The molecule has 0 saturated heterocycles. The number of halogens is 3. The van der Waals surface area contributed by atoms with E-state index < -0.39 is 11.4 Å². The number of carboxylic acid groups (broad SMARTS) is 1. The van der Waals surface area contributed by atoms with Crippen LogP contribution in [-0.4, -0.2) is 21.6 Å². The third-order valence-corrected chi connectivity index (χ3v) is 3.59. The minimum absolute atomic E-state index is 0.245. The number of hydrogen-bond donors (Lipinski definition) is 2. The van der Waals surface area contributed by atoms with Crippen LogP contribution in [0.3, 0.4) is 0 Å². The van der Waals surface area contributed by atoms with Gasteiger partial charge in [0, 0.05) is 4.90 Å². The monoisotopic (exact) mass is 286 g/mol. The minimum atomic E-state index is -1.58. The van der Waals surface area contributed by atoms with E-state index in [1.165, 1.54) is 12.1 Å². The van der Waals surface area contributed by atoms with Crippen molar-refractivity contribution in [3.8, 4) is 0 Å². The van der Waals surface area contributed by atoms with Crippen molar-refractivity contribution in [1.29, 1.82) is 0 Å². The molecule has 2 N–H and O–H groups in total. The van der Waals surface area contributed by atoms with E-state index in [0.29, 0.717) is 16.7 Å². The number of benzene rings is 1. The summed E-state index contributed by atoms with van der Waals surface area (Å²) in [5.41, 5.74) is -1.58. The van der Waals surface area contributed by atoms with Gasteiger partial charge in [-0.25, -0.2) is 4.79 Å². The summed E-state index contributed by atoms with van der Waals surface area (Å²) >= 11 is 17.9. The Morgan fingerprint density at radius 3 is 2.27 bits per heavy atom. The zero-order valence-electron chi connectivity index (χ0n) is 7.08. The van der Waals surface area contributed by atoms with E-state index >= 15 is 0 Å². The first-order valence-electron chi connectivity index (χ1n) is 3.64. The number of thioether (sulfide) groups is 1. The highest BCUT2D eigenvalue weighted by Crippen LogP contribution is 2.36. The van der Waals surface area contributed by atoms with E-state index in [-0.39, 0.29) is 15.1 Å². The molecule has 0 aromatic heterocycles. The Morgan fingerprint density at radius 1 is 1.20 bits per heavy atom. The normalized spacial score (nSPS) is 12.5. The summed E-state index contributed by atoms with van der Waals surface area (Å²) in [4.78, 5) is 10.8. The van der Waals surface area contributed by atoms with Crippen LogP contribution >= 0.6 is 46.6 Å². The first-order chi connectivity index (χ1) is 6.91. The van der Waals surface area contributed by atoms with Gasteiger partial charge in [-0.2, -0.15) is 0 Å². The summed E-state index contributed by atoms with van der Waals surface area (Å²) < 4.78 is 0. The minimum Gasteiger partial charge on any atom is -0.479 e. The van der Waals surface area contributed by atoms with Gasteiger partial charge in [0.05, 0.1) is 15.1 Å². The van der Waals surface area contributed by atoms with Crippen LogP contribution in [0.25, 0.3) is 0 Å². The summed E-state index contributed by atoms with van der Waals surface area (Å²) in [5, 5.41) is 18.3. The molecule has 82 valence electrons. The van der Waals surface area contributed by atoms with Crippen LogP contribution in [0.15, 0.2) is 17.0 Å². The number of carboxylic acids is 1. The Hall–Kier alpha value is -0.130. The maximum absolute atomic E-state index is 10.4. The second-order valence-electron chi connectivity index (χ2n) is 2.51. The molecule has 0 bridgehead atoms. The molecule has 1 unspecified atom stereocenters. The second kappa shape index (κ2) is 5.27. The van der Waals surface area contributed by atoms with Gasteiger partial charge in [-0.3, -0.25) is 0 Å². The number of hydrogen-bond acceptors (Lipinski definition) is 3. The average molecular weight is 288 g/mol. The van der Waals surface area contributed by atoms with Crippen molar-refractivity contribution in [2.45, 2.75) is 10.3 Å². The summed E-state index contributed by atoms with van der Waals surface area (Å²) in [6.45, 7) is 0. The van der Waals surface area contributed by atoms with Crippen molar-refractivity contribution in [3.05, 3.63) is 27.2 Å². The van der Waals surface area contributed by atoms with E-state index in [9.17, 15) is 4.79 Å². The van der Waals surface area contributed by atoms with Crippen LogP contribution in [0.5, 0.6) is 0 Å². The maximum atomic E-state index is 10.4. The van der Waals surface area contributed by atoms with Crippen molar-refractivity contribution in [1.82, 2.24) is 0 Å². The molecular formula is C8H5Cl3O3S. The van der Waals surface area contributed by atoms with Gasteiger partial charge >= 0.3 is 5.97 Å². The Kier molecular flexibility index (Phi) is 4.55. The highest BCUT2D eigenvalue weighted by molar-refractivity contribution is 8.00. The fourth-order valence-electron chi connectivity index (χ4n) is 0.765. The van der Waals surface area contributed by atoms with E-state index in [2.05, 4.69) is 0 Å². The number of aliphatic hydroxyl groups excluding tert-OH is 1. The molecule has 0 amide bonds. The molecule has 0 aliphatic rings. The molecular weight excluding hydrogens is 283 g/mol. The molecule has 0 aliphatic carbocycles. The molecule has 3 nitrogen and oxygen atoms in total. The first-order valence-corrected chi connectivity index (χ1v) is 5.65. The highest BCUT2D eigenvalue weighted by Gasteiger charge is 2.17. The summed E-state index contributed by atoms with van der Waals surface area (Å²) in [7, 11) is 0. The van der Waals surface area contributed by atoms with E-state index in [0.717, 1.165) is 0 Å². The molecule has 7 heteroatoms. The Morgan fingerprint density at radius 2 is 1.73 bits per heavy atom. The van der Waals surface area contributed by atoms with Gasteiger partial charge in [0.15, 0.2) is 0 Å². The second-order valence-corrected chi connectivity index (χ2v) is 4.85. The maximum Gasteiger partial charge on any atom is 0.343 e. The lowest BCUT2D eigenvalue weighted by Crippen LogP contribution is -2.14. The van der Waals surface area contributed by atoms with Gasteiger partial charge in [0.1, 0.15) is 0 Å². The van der Waals surface area contributed by atoms with Gasteiger partial charge in [0.25, 0.3) is 0 Å². The molecule has 1 rings (SSSR count). The van der Waals surface area contributed by atoms with Gasteiger partial charge in [-0.1, -0.05) is 46.6 Å². The lowest BCUT2D eigenvalue weighted by molar-refractivity contribution is -0.141. The van der Waals surface area contributed by atoms with Crippen LogP contribution in [0, 0.1) is 0 Å². The van der Waals surface area contributed by atoms with Crippen molar-refractivity contribution in [2.75, 3.05) is 0 Å². The van der Waals surface area contributed by atoms with Crippen LogP contribution in [-0.2, 0) is 4.79 Å². The van der Waals surface area contributed by atoms with E-state index in [4.69, 9.17) is 45.0 Å². The van der Waals surface area contributed by atoms with Gasteiger partial charge in [-0.15, -0.1) is 0 Å². The SMILES string of the molecule is O=C(O)C(O)Sc1cc(Cl)c(Cl)cc1Cl. The first kappa shape index (κ1) is 12.9. The summed E-state index contributed by atoms with van der Waals surface area (Å²) in [5.74, 6) is -1.35. The van der Waals surface area contributed by atoms with E-state index in [1.54, 1.807) is 0 Å². The van der Waals surface area contributed by atoms with Crippen molar-refractivity contribution in [2.24, 2.45) is 0 Å². The quantitative estimate of drug-likeness (QED) is 0.509. The fraction of sp³-hybridized carbons (Fsp3) is 0.125. The zero-order valence-corrected chi connectivity index (χ0v) is 10.2. The molecule has 0 spiro atoms. The third-order valence-electron chi connectivity index (χ3n) is 1.42. The Balaban J connectivity index is 2.95.